The van der Waals surface area contributed by atoms with Crippen LogP contribution in [0.4, 0.5) is 5.13 Å². The molecule has 5 nitrogen and oxygen atoms in total. The molecule has 0 aliphatic carbocycles. The van der Waals surface area contributed by atoms with Crippen molar-refractivity contribution in [3.8, 4) is 0 Å². The third-order valence-electron chi connectivity index (χ3n) is 2.43. The van der Waals surface area contributed by atoms with Crippen molar-refractivity contribution >= 4 is 34.1 Å². The van der Waals surface area contributed by atoms with Gasteiger partial charge in [-0.2, -0.15) is 0 Å². The van der Waals surface area contributed by atoms with Gasteiger partial charge in [0.15, 0.2) is 4.34 Å². The molecular weight excluding hydrogens is 280 g/mol. The van der Waals surface area contributed by atoms with E-state index in [9.17, 15) is 4.79 Å². The number of hydrogen-bond donors (Lipinski definition) is 2. The summed E-state index contributed by atoms with van der Waals surface area (Å²) in [7, 11) is 0. The van der Waals surface area contributed by atoms with Crippen LogP contribution in [-0.2, 0) is 4.79 Å². The molecule has 0 aliphatic rings. The molecule has 0 saturated carbocycles. The van der Waals surface area contributed by atoms with E-state index in [4.69, 9.17) is 5.73 Å². The van der Waals surface area contributed by atoms with Gasteiger partial charge >= 0.3 is 0 Å². The standard InChI is InChI=1S/C12H14N4OS2/c1-8(9-5-3-2-4-6-9)14-10(17)7-18-12-16-15-11(13)19-12/h2-6,8H,7H2,1H3,(H2,13,15)(H,14,17). The highest BCUT2D eigenvalue weighted by Crippen LogP contribution is 2.23. The Morgan fingerprint density at radius 3 is 2.79 bits per heavy atom. The second kappa shape index (κ2) is 6.53. The van der Waals surface area contributed by atoms with Crippen LogP contribution in [0.25, 0.3) is 0 Å². The Morgan fingerprint density at radius 2 is 2.16 bits per heavy atom. The molecule has 0 spiro atoms. The highest BCUT2D eigenvalue weighted by molar-refractivity contribution is 8.01. The molecule has 19 heavy (non-hydrogen) atoms. The van der Waals surface area contributed by atoms with Gasteiger partial charge in [-0.05, 0) is 12.5 Å². The molecule has 0 bridgehead atoms. The third kappa shape index (κ3) is 4.22. The van der Waals surface area contributed by atoms with Gasteiger partial charge in [-0.1, -0.05) is 53.4 Å². The summed E-state index contributed by atoms with van der Waals surface area (Å²) in [6.07, 6.45) is 0. The third-order valence-corrected chi connectivity index (χ3v) is 4.31. The zero-order valence-corrected chi connectivity index (χ0v) is 12.0. The molecule has 0 aliphatic heterocycles. The maximum Gasteiger partial charge on any atom is 0.230 e. The zero-order chi connectivity index (χ0) is 13.7. The fourth-order valence-electron chi connectivity index (χ4n) is 1.51. The molecule has 0 radical (unpaired) electrons. The Labute approximate surface area is 119 Å². The smallest absolute Gasteiger partial charge is 0.230 e. The number of rotatable bonds is 5. The Bertz CT molecular complexity index is 544. The minimum absolute atomic E-state index is 0.00575. The second-order valence-corrected chi connectivity index (χ2v) is 6.13. The van der Waals surface area contributed by atoms with E-state index in [1.165, 1.54) is 23.1 Å². The van der Waals surface area contributed by atoms with Crippen molar-refractivity contribution in [2.45, 2.75) is 17.3 Å². The summed E-state index contributed by atoms with van der Waals surface area (Å²) in [5.74, 6) is 0.279. The quantitative estimate of drug-likeness (QED) is 0.825. The maximum atomic E-state index is 11.8. The van der Waals surface area contributed by atoms with Crippen molar-refractivity contribution in [3.05, 3.63) is 35.9 Å². The lowest BCUT2D eigenvalue weighted by molar-refractivity contribution is -0.119. The van der Waals surface area contributed by atoms with E-state index in [0.29, 0.717) is 15.2 Å². The van der Waals surface area contributed by atoms with Crippen LogP contribution in [0.15, 0.2) is 34.7 Å². The lowest BCUT2D eigenvalue weighted by Gasteiger charge is -2.13. The first-order valence-corrected chi connectivity index (χ1v) is 7.51. The number of hydrogen-bond acceptors (Lipinski definition) is 6. The molecule has 3 N–H and O–H groups in total. The summed E-state index contributed by atoms with van der Waals surface area (Å²) >= 11 is 2.62. The monoisotopic (exact) mass is 294 g/mol. The van der Waals surface area contributed by atoms with Crippen molar-refractivity contribution in [3.63, 3.8) is 0 Å². The fourth-order valence-corrected chi connectivity index (χ4v) is 2.96. The molecule has 1 amide bonds. The summed E-state index contributed by atoms with van der Waals surface area (Å²) in [6, 6.07) is 9.84. The van der Waals surface area contributed by atoms with Gasteiger partial charge in [-0.25, -0.2) is 0 Å². The number of nitrogens with two attached hydrogens (primary N) is 1. The van der Waals surface area contributed by atoms with Crippen LogP contribution in [-0.4, -0.2) is 21.9 Å². The SMILES string of the molecule is CC(NC(=O)CSc1nnc(N)s1)c1ccccc1. The molecule has 0 saturated heterocycles. The Hall–Kier alpha value is -1.60. The first-order chi connectivity index (χ1) is 9.15. The molecule has 1 aromatic heterocycles. The number of carbonyl (C=O) groups is 1. The van der Waals surface area contributed by atoms with Crippen LogP contribution >= 0.6 is 23.1 Å². The maximum absolute atomic E-state index is 11.8. The number of anilines is 1. The molecule has 7 heteroatoms. The Morgan fingerprint density at radius 1 is 1.42 bits per heavy atom. The molecule has 1 aromatic carbocycles. The molecule has 1 unspecified atom stereocenters. The van der Waals surface area contributed by atoms with E-state index in [2.05, 4.69) is 15.5 Å². The van der Waals surface area contributed by atoms with Gasteiger partial charge in [0.2, 0.25) is 11.0 Å². The Balaban J connectivity index is 1.81. The van der Waals surface area contributed by atoms with Crippen molar-refractivity contribution in [1.29, 1.82) is 0 Å². The molecule has 1 heterocycles. The van der Waals surface area contributed by atoms with E-state index in [0.717, 1.165) is 5.56 Å². The lowest BCUT2D eigenvalue weighted by atomic mass is 10.1. The van der Waals surface area contributed by atoms with Crippen LogP contribution < -0.4 is 11.1 Å². The molecule has 2 rings (SSSR count). The molecule has 1 atom stereocenters. The lowest BCUT2D eigenvalue weighted by Crippen LogP contribution is -2.28. The zero-order valence-electron chi connectivity index (χ0n) is 10.4. The van der Waals surface area contributed by atoms with Crippen LogP contribution in [0.5, 0.6) is 0 Å². The van der Waals surface area contributed by atoms with Gasteiger partial charge in [0.05, 0.1) is 11.8 Å². The number of nitrogen functional groups attached to an aromatic ring is 1. The van der Waals surface area contributed by atoms with Crippen LogP contribution in [0.1, 0.15) is 18.5 Å². The van der Waals surface area contributed by atoms with Crippen molar-refractivity contribution in [1.82, 2.24) is 15.5 Å². The minimum atomic E-state index is -0.0323. The summed E-state index contributed by atoms with van der Waals surface area (Å²) < 4.78 is 0.708. The molecule has 2 aromatic rings. The van der Waals surface area contributed by atoms with Crippen molar-refractivity contribution < 1.29 is 4.79 Å². The van der Waals surface area contributed by atoms with Crippen LogP contribution in [0, 0.1) is 0 Å². The van der Waals surface area contributed by atoms with Gasteiger partial charge in [0.1, 0.15) is 0 Å². The summed E-state index contributed by atoms with van der Waals surface area (Å²) in [5.41, 5.74) is 6.56. The van der Waals surface area contributed by atoms with E-state index < -0.39 is 0 Å². The fraction of sp³-hybridized carbons (Fsp3) is 0.250. The highest BCUT2D eigenvalue weighted by atomic mass is 32.2. The molecule has 100 valence electrons. The van der Waals surface area contributed by atoms with Gasteiger partial charge in [0, 0.05) is 0 Å². The van der Waals surface area contributed by atoms with Crippen molar-refractivity contribution in [2.24, 2.45) is 0 Å². The van der Waals surface area contributed by atoms with E-state index in [1.807, 2.05) is 37.3 Å². The van der Waals surface area contributed by atoms with E-state index >= 15 is 0 Å². The second-order valence-electron chi connectivity index (χ2n) is 3.89. The minimum Gasteiger partial charge on any atom is -0.374 e. The number of benzene rings is 1. The number of carbonyl (C=O) groups excluding carboxylic acids is 1. The van der Waals surface area contributed by atoms with E-state index in [1.54, 1.807) is 0 Å². The Kier molecular flexibility index (Phi) is 4.75. The highest BCUT2D eigenvalue weighted by Gasteiger charge is 2.10. The summed E-state index contributed by atoms with van der Waals surface area (Å²) in [5, 5.41) is 10.9. The van der Waals surface area contributed by atoms with Gasteiger partial charge < -0.3 is 11.1 Å². The first kappa shape index (κ1) is 13.8. The van der Waals surface area contributed by atoms with Gasteiger partial charge in [-0.15, -0.1) is 10.2 Å². The van der Waals surface area contributed by atoms with Crippen LogP contribution in [0.2, 0.25) is 0 Å². The summed E-state index contributed by atoms with van der Waals surface area (Å²) in [4.78, 5) is 11.8. The van der Waals surface area contributed by atoms with Gasteiger partial charge in [-0.3, -0.25) is 4.79 Å². The average Bonchev–Trinajstić information content (AvgIpc) is 2.83. The van der Waals surface area contributed by atoms with E-state index in [-0.39, 0.29) is 11.9 Å². The first-order valence-electron chi connectivity index (χ1n) is 5.71. The topological polar surface area (TPSA) is 80.9 Å². The average molecular weight is 294 g/mol. The number of nitrogens with zero attached hydrogens (tertiary/aromatic N) is 2. The molecular formula is C12H14N4OS2. The molecule has 0 fully saturated rings. The number of thioether (sulfide) groups is 1. The normalized spacial score (nSPS) is 12.1. The largest absolute Gasteiger partial charge is 0.374 e. The number of nitrogens with one attached hydrogen (secondary N) is 1. The number of amides is 1. The predicted octanol–water partition coefficient (Wildman–Crippen LogP) is 2.09. The van der Waals surface area contributed by atoms with Crippen LogP contribution in [0.3, 0.4) is 0 Å². The van der Waals surface area contributed by atoms with Gasteiger partial charge in [0.25, 0.3) is 0 Å². The summed E-state index contributed by atoms with van der Waals surface area (Å²) in [6.45, 7) is 1.96. The number of aromatic nitrogens is 2. The predicted molar refractivity (Wildman–Crippen MR) is 78.0 cm³/mol. The van der Waals surface area contributed by atoms with Crippen molar-refractivity contribution in [2.75, 3.05) is 11.5 Å².